The van der Waals surface area contributed by atoms with Crippen molar-refractivity contribution in [3.63, 3.8) is 0 Å². The van der Waals surface area contributed by atoms with E-state index < -0.39 is 11.7 Å². The molecule has 4 nitrogen and oxygen atoms in total. The summed E-state index contributed by atoms with van der Waals surface area (Å²) in [5, 5.41) is 3.68. The Labute approximate surface area is 259 Å². The zero-order valence-corrected chi connectivity index (χ0v) is 26.2. The van der Waals surface area contributed by atoms with Crippen LogP contribution in [0.15, 0.2) is 72.8 Å². The first-order valence-corrected chi connectivity index (χ1v) is 15.7. The van der Waals surface area contributed by atoms with Gasteiger partial charge in [0.15, 0.2) is 0 Å². The standard InChI is InChI=1S/C26H35ClN2O2.C9H9F3/c1-3-8-23(9-4-2)31-25-13-12-21(18-24(25)27)26(30)28-22-14-16-29(17-15-22)19-20-10-6-5-7-11-20;1-2-7-4-3-5-8(6-7)9(10,11)12/h5-7,10-13,18,22-23H,3-4,8-9,14-17,19H2,1-2H3,(H,28,30);3-6H,2H2,1H3. The number of alkyl halides is 3. The number of carbonyl (C=O) groups is 1. The third-order valence-electron chi connectivity index (χ3n) is 7.54. The predicted octanol–water partition coefficient (Wildman–Crippen LogP) is 9.35. The predicted molar refractivity (Wildman–Crippen MR) is 169 cm³/mol. The molecule has 0 unspecified atom stereocenters. The third kappa shape index (κ3) is 11.5. The number of ether oxygens (including phenoxy) is 1. The zero-order valence-electron chi connectivity index (χ0n) is 25.4. The highest BCUT2D eigenvalue weighted by Gasteiger charge is 2.30. The molecule has 43 heavy (non-hydrogen) atoms. The van der Waals surface area contributed by atoms with E-state index in [9.17, 15) is 18.0 Å². The number of carbonyl (C=O) groups excluding carboxylic acids is 1. The van der Waals surface area contributed by atoms with Crippen LogP contribution in [0.4, 0.5) is 13.2 Å². The Morgan fingerprint density at radius 2 is 1.58 bits per heavy atom. The highest BCUT2D eigenvalue weighted by molar-refractivity contribution is 6.32. The maximum Gasteiger partial charge on any atom is 0.416 e. The molecule has 0 saturated carbocycles. The van der Waals surface area contributed by atoms with E-state index in [1.165, 1.54) is 17.7 Å². The van der Waals surface area contributed by atoms with Crippen LogP contribution in [0.25, 0.3) is 0 Å². The van der Waals surface area contributed by atoms with E-state index >= 15 is 0 Å². The molecule has 0 aromatic heterocycles. The van der Waals surface area contributed by atoms with E-state index in [-0.39, 0.29) is 18.1 Å². The minimum Gasteiger partial charge on any atom is -0.489 e. The molecule has 3 aromatic carbocycles. The van der Waals surface area contributed by atoms with Crippen molar-refractivity contribution < 1.29 is 22.7 Å². The summed E-state index contributed by atoms with van der Waals surface area (Å²) < 4.78 is 42.4. The van der Waals surface area contributed by atoms with E-state index in [1.807, 2.05) is 25.1 Å². The van der Waals surface area contributed by atoms with Gasteiger partial charge in [-0.2, -0.15) is 13.2 Å². The average molecular weight is 617 g/mol. The monoisotopic (exact) mass is 616 g/mol. The second-order valence-corrected chi connectivity index (χ2v) is 11.4. The number of hydrogen-bond acceptors (Lipinski definition) is 3. The smallest absolute Gasteiger partial charge is 0.416 e. The van der Waals surface area contributed by atoms with Gasteiger partial charge in [0.2, 0.25) is 0 Å². The highest BCUT2D eigenvalue weighted by atomic mass is 35.5. The average Bonchev–Trinajstić information content (AvgIpc) is 3.00. The Morgan fingerprint density at radius 3 is 2.16 bits per heavy atom. The lowest BCUT2D eigenvalue weighted by atomic mass is 10.0. The summed E-state index contributed by atoms with van der Waals surface area (Å²) in [6.45, 7) is 9.10. The number of halogens is 4. The molecule has 0 radical (unpaired) electrons. The maximum absolute atomic E-state index is 12.8. The van der Waals surface area contributed by atoms with E-state index in [4.69, 9.17) is 16.3 Å². The number of aryl methyl sites for hydroxylation is 1. The lowest BCUT2D eigenvalue weighted by Crippen LogP contribution is -2.44. The lowest BCUT2D eigenvalue weighted by Gasteiger charge is -2.32. The van der Waals surface area contributed by atoms with Crippen molar-refractivity contribution in [3.8, 4) is 5.75 Å². The molecule has 0 atom stereocenters. The van der Waals surface area contributed by atoms with Crippen LogP contribution in [-0.4, -0.2) is 36.0 Å². The molecular weight excluding hydrogens is 573 g/mol. The van der Waals surface area contributed by atoms with Crippen LogP contribution < -0.4 is 10.1 Å². The van der Waals surface area contributed by atoms with E-state index in [2.05, 4.69) is 48.3 Å². The number of piperidine rings is 1. The highest BCUT2D eigenvalue weighted by Crippen LogP contribution is 2.30. The lowest BCUT2D eigenvalue weighted by molar-refractivity contribution is -0.137. The molecule has 4 rings (SSSR count). The molecule has 0 bridgehead atoms. The van der Waals surface area contributed by atoms with Crippen LogP contribution in [0.3, 0.4) is 0 Å². The van der Waals surface area contributed by atoms with Crippen LogP contribution in [0, 0.1) is 0 Å². The molecule has 1 amide bonds. The van der Waals surface area contributed by atoms with Gasteiger partial charge in [0.25, 0.3) is 5.91 Å². The molecule has 1 saturated heterocycles. The number of hydrogen-bond donors (Lipinski definition) is 1. The molecular formula is C35H44ClF3N2O2. The minimum absolute atomic E-state index is 0.0615. The number of nitrogens with one attached hydrogen (secondary N) is 1. The SMILES string of the molecule is CCCC(CCC)Oc1ccc(C(=O)NC2CCN(Cc3ccccc3)CC2)cc1Cl.CCc1cccc(C(F)(F)F)c1. The van der Waals surface area contributed by atoms with Crippen molar-refractivity contribution in [3.05, 3.63) is 100 Å². The van der Waals surface area contributed by atoms with E-state index in [1.54, 1.807) is 12.1 Å². The number of rotatable bonds is 11. The Kier molecular flexibility index (Phi) is 13.9. The Balaban J connectivity index is 0.000000353. The molecule has 0 aliphatic carbocycles. The summed E-state index contributed by atoms with van der Waals surface area (Å²) in [6.07, 6.45) is 2.68. The van der Waals surface area contributed by atoms with Crippen molar-refractivity contribution in [2.75, 3.05) is 13.1 Å². The summed E-state index contributed by atoms with van der Waals surface area (Å²) in [6, 6.07) is 21.5. The van der Waals surface area contributed by atoms with Gasteiger partial charge in [0, 0.05) is 31.2 Å². The summed E-state index contributed by atoms with van der Waals surface area (Å²) in [5.41, 5.74) is 2.07. The normalized spacial score (nSPS) is 14.2. The van der Waals surface area contributed by atoms with Crippen LogP contribution in [0.2, 0.25) is 5.02 Å². The van der Waals surface area contributed by atoms with Crippen molar-refractivity contribution in [1.82, 2.24) is 10.2 Å². The molecule has 1 aliphatic heterocycles. The molecule has 1 fully saturated rings. The fraction of sp³-hybridized carbons (Fsp3) is 0.457. The summed E-state index contributed by atoms with van der Waals surface area (Å²) in [4.78, 5) is 15.2. The van der Waals surface area contributed by atoms with Gasteiger partial charge in [-0.25, -0.2) is 0 Å². The molecule has 0 spiro atoms. The number of benzene rings is 3. The summed E-state index contributed by atoms with van der Waals surface area (Å²) in [5.74, 6) is 0.605. The van der Waals surface area contributed by atoms with Crippen LogP contribution in [-0.2, 0) is 19.1 Å². The maximum atomic E-state index is 12.8. The molecule has 8 heteroatoms. The second kappa shape index (κ2) is 17.3. The number of amides is 1. The molecule has 1 aliphatic rings. The first-order valence-electron chi connectivity index (χ1n) is 15.3. The second-order valence-electron chi connectivity index (χ2n) is 11.0. The zero-order chi connectivity index (χ0) is 31.2. The van der Waals surface area contributed by atoms with Crippen LogP contribution in [0.1, 0.15) is 86.3 Å². The molecule has 1 N–H and O–H groups in total. The van der Waals surface area contributed by atoms with Crippen molar-refractivity contribution in [2.45, 2.75) is 90.6 Å². The number of nitrogens with zero attached hydrogens (tertiary/aromatic N) is 1. The minimum atomic E-state index is -4.22. The van der Waals surface area contributed by atoms with Crippen LogP contribution >= 0.6 is 11.6 Å². The topological polar surface area (TPSA) is 41.6 Å². The van der Waals surface area contributed by atoms with Gasteiger partial charge in [-0.15, -0.1) is 0 Å². The van der Waals surface area contributed by atoms with E-state index in [0.717, 1.165) is 64.2 Å². The molecule has 234 valence electrons. The van der Waals surface area contributed by atoms with Gasteiger partial charge in [0.05, 0.1) is 16.7 Å². The quantitative estimate of drug-likeness (QED) is 0.233. The molecule has 1 heterocycles. The van der Waals surface area contributed by atoms with Gasteiger partial charge in [0.1, 0.15) is 5.75 Å². The van der Waals surface area contributed by atoms with Crippen molar-refractivity contribution >= 4 is 17.5 Å². The number of likely N-dealkylation sites (tertiary alicyclic amines) is 1. The van der Waals surface area contributed by atoms with Gasteiger partial charge >= 0.3 is 6.18 Å². The van der Waals surface area contributed by atoms with Crippen molar-refractivity contribution in [1.29, 1.82) is 0 Å². The van der Waals surface area contributed by atoms with Gasteiger partial charge in [-0.1, -0.05) is 93.7 Å². The fourth-order valence-corrected chi connectivity index (χ4v) is 5.36. The third-order valence-corrected chi connectivity index (χ3v) is 7.84. The first-order chi connectivity index (χ1) is 20.6. The Hall–Kier alpha value is -3.03. The molecule has 3 aromatic rings. The summed E-state index contributed by atoms with van der Waals surface area (Å²) in [7, 11) is 0. The van der Waals surface area contributed by atoms with Crippen molar-refractivity contribution in [2.24, 2.45) is 0 Å². The fourth-order valence-electron chi connectivity index (χ4n) is 5.14. The summed E-state index contributed by atoms with van der Waals surface area (Å²) >= 11 is 6.45. The Morgan fingerprint density at radius 1 is 0.930 bits per heavy atom. The van der Waals surface area contributed by atoms with Gasteiger partial charge in [-0.05, 0) is 67.5 Å². The van der Waals surface area contributed by atoms with Gasteiger partial charge < -0.3 is 10.1 Å². The largest absolute Gasteiger partial charge is 0.489 e. The van der Waals surface area contributed by atoms with Gasteiger partial charge in [-0.3, -0.25) is 9.69 Å². The first kappa shape index (κ1) is 34.5. The van der Waals surface area contributed by atoms with Crippen LogP contribution in [0.5, 0.6) is 5.75 Å². The Bertz CT molecular complexity index is 1260. The van der Waals surface area contributed by atoms with E-state index in [0.29, 0.717) is 28.3 Å².